The maximum atomic E-state index is 12.5. The number of anilines is 1. The third-order valence-electron chi connectivity index (χ3n) is 4.13. The van der Waals surface area contributed by atoms with Crippen molar-refractivity contribution in [3.63, 3.8) is 0 Å². The summed E-state index contributed by atoms with van der Waals surface area (Å²) < 4.78 is 25.4. The minimum absolute atomic E-state index is 0.168. The Kier molecular flexibility index (Phi) is 6.78. The van der Waals surface area contributed by atoms with Crippen molar-refractivity contribution in [1.82, 2.24) is 5.32 Å². The van der Waals surface area contributed by atoms with E-state index in [1.807, 2.05) is 39.0 Å². The van der Waals surface area contributed by atoms with Crippen LogP contribution in [0.1, 0.15) is 29.7 Å². The highest BCUT2D eigenvalue weighted by Gasteiger charge is 2.24. The van der Waals surface area contributed by atoms with Gasteiger partial charge in [0.1, 0.15) is 6.54 Å². The van der Waals surface area contributed by atoms with Crippen LogP contribution in [-0.2, 0) is 14.8 Å². The summed E-state index contributed by atoms with van der Waals surface area (Å²) >= 11 is 12.1. The first-order valence-corrected chi connectivity index (χ1v) is 10.9. The van der Waals surface area contributed by atoms with Crippen LogP contribution in [0.3, 0.4) is 0 Å². The Hall–Kier alpha value is -1.76. The molecule has 2 rings (SSSR count). The van der Waals surface area contributed by atoms with Gasteiger partial charge in [0, 0.05) is 5.02 Å². The van der Waals surface area contributed by atoms with Crippen LogP contribution in [-0.4, -0.2) is 27.1 Å². The monoisotopic (exact) mass is 428 g/mol. The summed E-state index contributed by atoms with van der Waals surface area (Å²) in [5.74, 6) is -0.441. The molecule has 0 radical (unpaired) electrons. The zero-order valence-electron chi connectivity index (χ0n) is 15.6. The number of amides is 1. The topological polar surface area (TPSA) is 66.5 Å². The number of sulfonamides is 1. The number of benzene rings is 2. The molecule has 1 atom stereocenters. The molecule has 1 N–H and O–H groups in total. The molecule has 0 bridgehead atoms. The summed E-state index contributed by atoms with van der Waals surface area (Å²) in [5, 5.41) is 3.36. The van der Waals surface area contributed by atoms with E-state index in [1.165, 1.54) is 12.1 Å². The van der Waals surface area contributed by atoms with Crippen LogP contribution in [0.15, 0.2) is 36.4 Å². The van der Waals surface area contributed by atoms with Crippen molar-refractivity contribution in [2.75, 3.05) is 17.1 Å². The van der Waals surface area contributed by atoms with Crippen LogP contribution >= 0.6 is 23.2 Å². The molecule has 0 aromatic heterocycles. The molecule has 1 amide bonds. The largest absolute Gasteiger partial charge is 0.348 e. The molecule has 0 aliphatic rings. The number of hydrogen-bond acceptors (Lipinski definition) is 3. The highest BCUT2D eigenvalue weighted by atomic mass is 35.5. The maximum Gasteiger partial charge on any atom is 0.241 e. The Balaban J connectivity index is 2.23. The molecule has 1 unspecified atom stereocenters. The van der Waals surface area contributed by atoms with Gasteiger partial charge in [0.15, 0.2) is 0 Å². The lowest BCUT2D eigenvalue weighted by Gasteiger charge is -2.24. The Bertz CT molecular complexity index is 961. The molecule has 0 spiro atoms. The molecule has 0 heterocycles. The van der Waals surface area contributed by atoms with Crippen molar-refractivity contribution in [1.29, 1.82) is 0 Å². The quantitative estimate of drug-likeness (QED) is 0.747. The van der Waals surface area contributed by atoms with Crippen LogP contribution in [0.2, 0.25) is 10.0 Å². The van der Waals surface area contributed by atoms with Crippen LogP contribution < -0.4 is 9.62 Å². The van der Waals surface area contributed by atoms with Gasteiger partial charge >= 0.3 is 0 Å². The average molecular weight is 429 g/mol. The van der Waals surface area contributed by atoms with Crippen molar-refractivity contribution in [2.45, 2.75) is 26.8 Å². The Labute approximate surface area is 170 Å². The number of carbonyl (C=O) groups is 1. The van der Waals surface area contributed by atoms with Gasteiger partial charge in [-0.1, -0.05) is 47.0 Å². The number of rotatable bonds is 6. The number of halogens is 2. The molecule has 2 aromatic rings. The minimum atomic E-state index is -3.74. The summed E-state index contributed by atoms with van der Waals surface area (Å²) in [6.07, 6.45) is 1.02. The smallest absolute Gasteiger partial charge is 0.241 e. The van der Waals surface area contributed by atoms with Gasteiger partial charge in [-0.15, -0.1) is 0 Å². The molecule has 0 aliphatic heterocycles. The van der Waals surface area contributed by atoms with Gasteiger partial charge in [0.2, 0.25) is 15.9 Å². The minimum Gasteiger partial charge on any atom is -0.348 e. The summed E-state index contributed by atoms with van der Waals surface area (Å²) in [6, 6.07) is 10.2. The highest BCUT2D eigenvalue weighted by molar-refractivity contribution is 7.92. The zero-order chi connectivity index (χ0) is 20.4. The van der Waals surface area contributed by atoms with E-state index in [-0.39, 0.29) is 16.8 Å². The van der Waals surface area contributed by atoms with E-state index in [9.17, 15) is 13.2 Å². The normalized spacial score (nSPS) is 12.5. The van der Waals surface area contributed by atoms with Gasteiger partial charge in [-0.2, -0.15) is 0 Å². The van der Waals surface area contributed by atoms with E-state index < -0.39 is 22.5 Å². The van der Waals surface area contributed by atoms with Crippen LogP contribution in [0.4, 0.5) is 5.69 Å². The van der Waals surface area contributed by atoms with Gasteiger partial charge < -0.3 is 5.32 Å². The SMILES string of the molecule is Cc1ccc(C(C)NC(=O)CN(c2cc(Cl)ccc2Cl)S(C)(=O)=O)c(C)c1. The predicted molar refractivity (Wildman–Crippen MR) is 111 cm³/mol. The summed E-state index contributed by atoms with van der Waals surface area (Å²) in [6.45, 7) is 5.43. The first-order chi connectivity index (χ1) is 12.5. The predicted octanol–water partition coefficient (Wildman–Crippen LogP) is 4.25. The highest BCUT2D eigenvalue weighted by Crippen LogP contribution is 2.30. The third kappa shape index (κ3) is 5.61. The third-order valence-corrected chi connectivity index (χ3v) is 5.81. The van der Waals surface area contributed by atoms with Crippen molar-refractivity contribution >= 4 is 44.8 Å². The molecule has 8 heteroatoms. The fraction of sp³-hybridized carbons (Fsp3) is 0.316. The molecule has 2 aromatic carbocycles. The molecule has 0 saturated carbocycles. The Morgan fingerprint density at radius 2 is 1.81 bits per heavy atom. The van der Waals surface area contributed by atoms with E-state index in [0.717, 1.165) is 27.3 Å². The van der Waals surface area contributed by atoms with E-state index in [4.69, 9.17) is 23.2 Å². The fourth-order valence-electron chi connectivity index (χ4n) is 2.86. The number of nitrogens with zero attached hydrogens (tertiary/aromatic N) is 1. The standard InChI is InChI=1S/C19H22Cl2N2O3S/c1-12-5-7-16(13(2)9-12)14(3)22-19(24)11-23(27(4,25)26)18-10-15(20)6-8-17(18)21/h5-10,14H,11H2,1-4H3,(H,22,24). The Morgan fingerprint density at radius 3 is 2.41 bits per heavy atom. The molecule has 146 valence electrons. The van der Waals surface area contributed by atoms with Crippen molar-refractivity contribution in [3.05, 3.63) is 63.1 Å². The van der Waals surface area contributed by atoms with Gasteiger partial charge in [-0.05, 0) is 50.1 Å². The first-order valence-electron chi connectivity index (χ1n) is 8.28. The Morgan fingerprint density at radius 1 is 1.15 bits per heavy atom. The van der Waals surface area contributed by atoms with E-state index in [2.05, 4.69) is 5.32 Å². The van der Waals surface area contributed by atoms with Crippen molar-refractivity contribution in [3.8, 4) is 0 Å². The molecule has 0 fully saturated rings. The average Bonchev–Trinajstić information content (AvgIpc) is 2.54. The molecule has 0 aliphatic carbocycles. The van der Waals surface area contributed by atoms with Gasteiger partial charge in [-0.25, -0.2) is 8.42 Å². The van der Waals surface area contributed by atoms with Gasteiger partial charge in [0.25, 0.3) is 0 Å². The molecule has 27 heavy (non-hydrogen) atoms. The second kappa shape index (κ2) is 8.50. The molecule has 0 saturated heterocycles. The van der Waals surface area contributed by atoms with Gasteiger partial charge in [-0.3, -0.25) is 9.10 Å². The maximum absolute atomic E-state index is 12.5. The van der Waals surface area contributed by atoms with Crippen LogP contribution in [0.5, 0.6) is 0 Å². The van der Waals surface area contributed by atoms with E-state index in [1.54, 1.807) is 6.07 Å². The number of aryl methyl sites for hydroxylation is 2. The second-order valence-electron chi connectivity index (χ2n) is 6.51. The van der Waals surface area contributed by atoms with Crippen molar-refractivity contribution < 1.29 is 13.2 Å². The summed E-state index contributed by atoms with van der Waals surface area (Å²) in [7, 11) is -3.74. The lowest BCUT2D eigenvalue weighted by atomic mass is 10.0. The summed E-state index contributed by atoms with van der Waals surface area (Å²) in [5.41, 5.74) is 3.33. The lowest BCUT2D eigenvalue weighted by molar-refractivity contribution is -0.120. The number of hydrogen-bond donors (Lipinski definition) is 1. The fourth-order valence-corrected chi connectivity index (χ4v) is 4.16. The number of nitrogens with one attached hydrogen (secondary N) is 1. The molecule has 5 nitrogen and oxygen atoms in total. The van der Waals surface area contributed by atoms with Gasteiger partial charge in [0.05, 0.1) is 23.0 Å². The van der Waals surface area contributed by atoms with E-state index in [0.29, 0.717) is 5.02 Å². The van der Waals surface area contributed by atoms with Crippen LogP contribution in [0, 0.1) is 13.8 Å². The van der Waals surface area contributed by atoms with Crippen molar-refractivity contribution in [2.24, 2.45) is 0 Å². The molecular formula is C19H22Cl2N2O3S. The second-order valence-corrected chi connectivity index (χ2v) is 9.27. The van der Waals surface area contributed by atoms with Crippen LogP contribution in [0.25, 0.3) is 0 Å². The molecular weight excluding hydrogens is 407 g/mol. The summed E-state index contributed by atoms with van der Waals surface area (Å²) in [4.78, 5) is 12.5. The first kappa shape index (κ1) is 21.5. The van der Waals surface area contributed by atoms with E-state index >= 15 is 0 Å². The zero-order valence-corrected chi connectivity index (χ0v) is 17.9. The lowest BCUT2D eigenvalue weighted by Crippen LogP contribution is -2.41. The number of carbonyl (C=O) groups excluding carboxylic acids is 1.